The first-order valence-electron chi connectivity index (χ1n) is 6.81. The second-order valence-corrected chi connectivity index (χ2v) is 7.49. The number of hydrogen-bond acceptors (Lipinski definition) is 4. The molecule has 3 N–H and O–H groups in total. The maximum Gasteiger partial charge on any atom is 0.240 e. The third-order valence-electron chi connectivity index (χ3n) is 3.00. The number of phenolic OH excluding ortho intramolecular Hbond substituents is 1. The molecule has 2 aromatic carbocycles. The van der Waals surface area contributed by atoms with Crippen LogP contribution in [0.1, 0.15) is 6.42 Å². The number of halogens is 2. The van der Waals surface area contributed by atoms with Gasteiger partial charge in [0.1, 0.15) is 11.6 Å². The van der Waals surface area contributed by atoms with Crippen LogP contribution in [-0.4, -0.2) is 26.0 Å². The van der Waals surface area contributed by atoms with Crippen molar-refractivity contribution in [2.45, 2.75) is 11.3 Å². The Hall–Kier alpha value is -1.97. The minimum absolute atomic E-state index is 0.0881. The summed E-state index contributed by atoms with van der Waals surface area (Å²) < 4.78 is 39.6. The highest BCUT2D eigenvalue weighted by atomic mass is 79.9. The molecule has 128 valence electrons. The number of carbonyl (C=O) groups is 1. The third-order valence-corrected chi connectivity index (χ3v) is 4.97. The summed E-state index contributed by atoms with van der Waals surface area (Å²) in [5, 5.41) is 12.2. The topological polar surface area (TPSA) is 95.5 Å². The quantitative estimate of drug-likeness (QED) is 0.630. The fourth-order valence-electron chi connectivity index (χ4n) is 1.82. The van der Waals surface area contributed by atoms with Crippen LogP contribution < -0.4 is 10.0 Å². The van der Waals surface area contributed by atoms with Crippen LogP contribution in [0.4, 0.5) is 10.1 Å². The summed E-state index contributed by atoms with van der Waals surface area (Å²) in [6.45, 7) is -0.136. The summed E-state index contributed by atoms with van der Waals surface area (Å²) in [5.41, 5.74) is 0.226. The van der Waals surface area contributed by atoms with E-state index in [0.717, 1.165) is 24.3 Å². The van der Waals surface area contributed by atoms with Crippen molar-refractivity contribution < 1.29 is 22.7 Å². The van der Waals surface area contributed by atoms with Gasteiger partial charge in [-0.05, 0) is 42.5 Å². The average Bonchev–Trinajstić information content (AvgIpc) is 2.50. The summed E-state index contributed by atoms with van der Waals surface area (Å²) in [5.74, 6) is -1.11. The summed E-state index contributed by atoms with van der Waals surface area (Å²) in [4.78, 5) is 11.7. The van der Waals surface area contributed by atoms with E-state index in [9.17, 15) is 22.7 Å². The van der Waals surface area contributed by atoms with E-state index in [1.807, 2.05) is 0 Å². The van der Waals surface area contributed by atoms with Crippen LogP contribution in [0.25, 0.3) is 0 Å². The molecule has 0 bridgehead atoms. The second kappa shape index (κ2) is 7.73. The first-order chi connectivity index (χ1) is 11.3. The molecule has 0 aliphatic rings. The summed E-state index contributed by atoms with van der Waals surface area (Å²) >= 11 is 3.18. The third kappa shape index (κ3) is 5.02. The molecule has 6 nitrogen and oxygen atoms in total. The molecule has 0 fully saturated rings. The Bertz CT molecular complexity index is 841. The van der Waals surface area contributed by atoms with Gasteiger partial charge in [-0.25, -0.2) is 17.5 Å². The lowest BCUT2D eigenvalue weighted by Crippen LogP contribution is -2.27. The zero-order chi connectivity index (χ0) is 17.7. The van der Waals surface area contributed by atoms with Gasteiger partial charge in [0.2, 0.25) is 15.9 Å². The minimum Gasteiger partial charge on any atom is -0.506 e. The predicted molar refractivity (Wildman–Crippen MR) is 90.6 cm³/mol. The molecule has 0 radical (unpaired) electrons. The van der Waals surface area contributed by atoms with Gasteiger partial charge in [-0.2, -0.15) is 0 Å². The molecule has 0 aliphatic heterocycles. The highest BCUT2D eigenvalue weighted by Gasteiger charge is 2.14. The summed E-state index contributed by atoms with van der Waals surface area (Å²) in [6.07, 6.45) is -0.129. The Balaban J connectivity index is 1.89. The van der Waals surface area contributed by atoms with Crippen LogP contribution in [0, 0.1) is 5.82 Å². The van der Waals surface area contributed by atoms with E-state index in [4.69, 9.17) is 0 Å². The predicted octanol–water partition coefficient (Wildman–Crippen LogP) is 2.60. The molecule has 0 aromatic heterocycles. The van der Waals surface area contributed by atoms with Gasteiger partial charge in [0.05, 0.1) is 10.6 Å². The molecule has 2 rings (SSSR count). The van der Waals surface area contributed by atoms with Gasteiger partial charge in [-0.1, -0.05) is 15.9 Å². The zero-order valence-corrected chi connectivity index (χ0v) is 14.7. The van der Waals surface area contributed by atoms with Crippen LogP contribution in [0.3, 0.4) is 0 Å². The number of hydrogen-bond donors (Lipinski definition) is 3. The van der Waals surface area contributed by atoms with Gasteiger partial charge in [0.25, 0.3) is 0 Å². The average molecular weight is 417 g/mol. The van der Waals surface area contributed by atoms with E-state index in [1.165, 1.54) is 12.1 Å². The summed E-state index contributed by atoms with van der Waals surface area (Å²) in [7, 11) is -3.81. The standard InChI is InChI=1S/C15H14BrFN2O4S/c16-10-1-6-13(14(20)9-10)19-15(21)7-8-18-24(22,23)12-4-2-11(17)3-5-12/h1-6,9,18,20H,7-8H2,(H,19,21). The van der Waals surface area contributed by atoms with Crippen molar-refractivity contribution in [3.05, 3.63) is 52.8 Å². The number of anilines is 1. The lowest BCUT2D eigenvalue weighted by molar-refractivity contribution is -0.116. The van der Waals surface area contributed by atoms with Crippen molar-refractivity contribution in [1.29, 1.82) is 0 Å². The molecule has 0 unspecified atom stereocenters. The number of aromatic hydroxyl groups is 1. The minimum atomic E-state index is -3.81. The number of benzene rings is 2. The Labute approximate surface area is 146 Å². The SMILES string of the molecule is O=C(CCNS(=O)(=O)c1ccc(F)cc1)Nc1ccc(Br)cc1O. The van der Waals surface area contributed by atoms with Gasteiger partial charge < -0.3 is 10.4 Å². The molecule has 0 spiro atoms. The Morgan fingerprint density at radius 1 is 1.17 bits per heavy atom. The fourth-order valence-corrected chi connectivity index (χ4v) is 3.20. The molecule has 0 atom stereocenters. The van der Waals surface area contributed by atoms with Gasteiger partial charge in [0.15, 0.2) is 0 Å². The smallest absolute Gasteiger partial charge is 0.240 e. The first-order valence-corrected chi connectivity index (χ1v) is 9.09. The van der Waals surface area contributed by atoms with Crippen LogP contribution in [0.2, 0.25) is 0 Å². The Kier molecular flexibility index (Phi) is 5.92. The number of phenols is 1. The molecule has 0 aliphatic carbocycles. The highest BCUT2D eigenvalue weighted by Crippen LogP contribution is 2.26. The molecular weight excluding hydrogens is 403 g/mol. The van der Waals surface area contributed by atoms with Crippen LogP contribution in [0.5, 0.6) is 5.75 Å². The number of nitrogens with one attached hydrogen (secondary N) is 2. The van der Waals surface area contributed by atoms with Crippen molar-refractivity contribution in [2.75, 3.05) is 11.9 Å². The second-order valence-electron chi connectivity index (χ2n) is 4.81. The monoisotopic (exact) mass is 416 g/mol. The van der Waals surface area contributed by atoms with Gasteiger partial charge >= 0.3 is 0 Å². The molecule has 2 aromatic rings. The van der Waals surface area contributed by atoms with Gasteiger partial charge in [-0.3, -0.25) is 4.79 Å². The molecule has 0 saturated carbocycles. The van der Waals surface area contributed by atoms with E-state index in [0.29, 0.717) is 4.47 Å². The Morgan fingerprint density at radius 2 is 1.83 bits per heavy atom. The van der Waals surface area contributed by atoms with Crippen LogP contribution in [0.15, 0.2) is 51.8 Å². The van der Waals surface area contributed by atoms with E-state index in [2.05, 4.69) is 26.0 Å². The van der Waals surface area contributed by atoms with Crippen molar-refractivity contribution in [2.24, 2.45) is 0 Å². The number of rotatable bonds is 6. The summed E-state index contributed by atoms with van der Waals surface area (Å²) in [6, 6.07) is 8.93. The maximum atomic E-state index is 12.8. The number of carbonyl (C=O) groups excluding carboxylic acids is 1. The molecular formula is C15H14BrFN2O4S. The molecule has 9 heteroatoms. The van der Waals surface area contributed by atoms with Gasteiger partial charge in [-0.15, -0.1) is 0 Å². The number of amides is 1. The van der Waals surface area contributed by atoms with E-state index in [-0.39, 0.29) is 29.3 Å². The molecule has 0 saturated heterocycles. The molecule has 0 heterocycles. The fraction of sp³-hybridized carbons (Fsp3) is 0.133. The molecule has 1 amide bonds. The number of sulfonamides is 1. The van der Waals surface area contributed by atoms with Crippen molar-refractivity contribution in [3.63, 3.8) is 0 Å². The van der Waals surface area contributed by atoms with E-state index >= 15 is 0 Å². The lowest BCUT2D eigenvalue weighted by Gasteiger charge is -2.09. The maximum absolute atomic E-state index is 12.8. The first kappa shape index (κ1) is 18.4. The largest absolute Gasteiger partial charge is 0.506 e. The van der Waals surface area contributed by atoms with Crippen LogP contribution >= 0.6 is 15.9 Å². The normalized spacial score (nSPS) is 11.2. The highest BCUT2D eigenvalue weighted by molar-refractivity contribution is 9.10. The van der Waals surface area contributed by atoms with Crippen molar-refractivity contribution in [3.8, 4) is 5.75 Å². The van der Waals surface area contributed by atoms with Gasteiger partial charge in [0, 0.05) is 17.4 Å². The van der Waals surface area contributed by atoms with E-state index in [1.54, 1.807) is 6.07 Å². The lowest BCUT2D eigenvalue weighted by atomic mass is 10.3. The van der Waals surface area contributed by atoms with Crippen molar-refractivity contribution >= 4 is 37.5 Å². The van der Waals surface area contributed by atoms with E-state index < -0.39 is 21.7 Å². The molecule has 24 heavy (non-hydrogen) atoms. The zero-order valence-electron chi connectivity index (χ0n) is 12.3. The Morgan fingerprint density at radius 3 is 2.46 bits per heavy atom. The van der Waals surface area contributed by atoms with Crippen molar-refractivity contribution in [1.82, 2.24) is 4.72 Å². The van der Waals surface area contributed by atoms with Crippen LogP contribution in [-0.2, 0) is 14.8 Å².